The van der Waals surface area contributed by atoms with Crippen LogP contribution in [0.5, 0.6) is 0 Å². The van der Waals surface area contributed by atoms with Gasteiger partial charge in [0.25, 0.3) is 4.84 Å². The summed E-state index contributed by atoms with van der Waals surface area (Å²) in [5.74, 6) is 0. The molecule has 32 valence electrons. The normalized spacial score (nSPS) is 8.67. The fraction of sp³-hybridized carbons (Fsp3) is 0. The molecule has 0 amide bonds. The van der Waals surface area contributed by atoms with E-state index in [0.717, 1.165) is 0 Å². The third-order valence-corrected chi connectivity index (χ3v) is 0.556. The number of hydrogen-bond donors (Lipinski definition) is 1. The second-order valence-corrected chi connectivity index (χ2v) is 1.12. The number of hydrogen-bond acceptors (Lipinski definition) is 3. The zero-order valence-electron chi connectivity index (χ0n) is 2.84. The molecule has 0 bridgehead atoms. The van der Waals surface area contributed by atoms with Crippen LogP contribution >= 0.6 is 12.2 Å². The van der Waals surface area contributed by atoms with E-state index in [0.29, 0.717) is 4.84 Å². The van der Waals surface area contributed by atoms with Crippen molar-refractivity contribution < 1.29 is 4.42 Å². The van der Waals surface area contributed by atoms with Crippen LogP contribution in [0.15, 0.2) is 10.8 Å². The molecular weight excluding hydrogens is 100 g/mol. The number of H-pyrrole nitrogens is 1. The van der Waals surface area contributed by atoms with E-state index >= 15 is 0 Å². The quantitative estimate of drug-likeness (QED) is 0.491. The largest absolute Gasteiger partial charge is 0.417 e. The Kier molecular flexibility index (Phi) is 0.719. The van der Waals surface area contributed by atoms with Gasteiger partial charge < -0.3 is 4.42 Å². The molecule has 0 aliphatic heterocycles. The topological polar surface area (TPSA) is 41.8 Å². The van der Waals surface area contributed by atoms with Gasteiger partial charge in [-0.3, -0.25) is 0 Å². The molecular formula is C2H2N2OS. The second kappa shape index (κ2) is 1.22. The molecule has 4 heteroatoms. The van der Waals surface area contributed by atoms with Crippen molar-refractivity contribution in [2.45, 2.75) is 0 Å². The maximum absolute atomic E-state index is 4.48. The van der Waals surface area contributed by atoms with E-state index in [-0.39, 0.29) is 0 Å². The van der Waals surface area contributed by atoms with Crippen LogP contribution in [0.3, 0.4) is 0 Å². The molecule has 1 rings (SSSR count). The van der Waals surface area contributed by atoms with Crippen LogP contribution in [-0.2, 0) is 0 Å². The molecule has 1 heterocycles. The summed E-state index contributed by atoms with van der Waals surface area (Å²) >= 11 is 4.46. The first-order chi connectivity index (χ1) is 2.89. The summed E-state index contributed by atoms with van der Waals surface area (Å²) in [6, 6.07) is 0. The summed E-state index contributed by atoms with van der Waals surface area (Å²) < 4.78 is 4.48. The van der Waals surface area contributed by atoms with Gasteiger partial charge in [0.2, 0.25) is 6.39 Å². The van der Waals surface area contributed by atoms with Crippen LogP contribution in [0.2, 0.25) is 0 Å². The minimum Gasteiger partial charge on any atom is -0.417 e. The number of aromatic nitrogens is 2. The molecule has 0 aliphatic carbocycles. The van der Waals surface area contributed by atoms with Crippen molar-refractivity contribution in [3.8, 4) is 0 Å². The third-order valence-electron chi connectivity index (χ3n) is 0.368. The predicted molar refractivity (Wildman–Crippen MR) is 21.7 cm³/mol. The van der Waals surface area contributed by atoms with Crippen LogP contribution in [0, 0.1) is 4.84 Å². The summed E-state index contributed by atoms with van der Waals surface area (Å²) in [5.41, 5.74) is 0. The second-order valence-electron chi connectivity index (χ2n) is 0.752. The van der Waals surface area contributed by atoms with E-state index in [1.807, 2.05) is 0 Å². The van der Waals surface area contributed by atoms with Gasteiger partial charge in [-0.2, -0.15) is 0 Å². The SMILES string of the molecule is S=c1[nH]nco1. The average Bonchev–Trinajstić information content (AvgIpc) is 1.86. The van der Waals surface area contributed by atoms with Gasteiger partial charge in [-0.25, -0.2) is 5.10 Å². The Morgan fingerprint density at radius 3 is 3.00 bits per heavy atom. The molecule has 6 heavy (non-hydrogen) atoms. The molecule has 1 aromatic heterocycles. The molecule has 0 aliphatic rings. The lowest BCUT2D eigenvalue weighted by molar-refractivity contribution is 0.537. The fourth-order valence-corrected chi connectivity index (χ4v) is 0.275. The van der Waals surface area contributed by atoms with Crippen molar-refractivity contribution in [2.75, 3.05) is 0 Å². The molecule has 1 N–H and O–H groups in total. The molecule has 0 unspecified atom stereocenters. The summed E-state index contributed by atoms with van der Waals surface area (Å²) in [5, 5.41) is 5.82. The van der Waals surface area contributed by atoms with Crippen LogP contribution < -0.4 is 0 Å². The van der Waals surface area contributed by atoms with Crippen molar-refractivity contribution >= 4 is 12.2 Å². The molecule has 0 saturated carbocycles. The maximum atomic E-state index is 4.48. The van der Waals surface area contributed by atoms with Gasteiger partial charge in [0.05, 0.1) is 0 Å². The highest BCUT2D eigenvalue weighted by molar-refractivity contribution is 7.71. The van der Waals surface area contributed by atoms with Crippen LogP contribution in [0.25, 0.3) is 0 Å². The lowest BCUT2D eigenvalue weighted by atomic mass is 11.5. The maximum Gasteiger partial charge on any atom is 0.284 e. The third kappa shape index (κ3) is 0.463. The van der Waals surface area contributed by atoms with Gasteiger partial charge >= 0.3 is 0 Å². The standard InChI is InChI=1S/C2H2N2OS/c6-2-4-3-1-5-2/h1H,(H,4,6). The molecule has 1 aromatic rings. The highest BCUT2D eigenvalue weighted by Gasteiger charge is 1.69. The summed E-state index contributed by atoms with van der Waals surface area (Å²) in [7, 11) is 0. The lowest BCUT2D eigenvalue weighted by Gasteiger charge is -1.52. The van der Waals surface area contributed by atoms with Crippen molar-refractivity contribution in [3.05, 3.63) is 11.2 Å². The summed E-state index contributed by atoms with van der Waals surface area (Å²) in [6.07, 6.45) is 1.25. The molecule has 3 nitrogen and oxygen atoms in total. The van der Waals surface area contributed by atoms with Gasteiger partial charge in [-0.15, -0.1) is 5.10 Å². The zero-order valence-corrected chi connectivity index (χ0v) is 3.66. The molecule has 0 atom stereocenters. The average molecular weight is 102 g/mol. The van der Waals surface area contributed by atoms with E-state index in [4.69, 9.17) is 0 Å². The highest BCUT2D eigenvalue weighted by atomic mass is 32.1. The highest BCUT2D eigenvalue weighted by Crippen LogP contribution is 1.75. The summed E-state index contributed by atoms with van der Waals surface area (Å²) in [6.45, 7) is 0. The fourth-order valence-electron chi connectivity index (χ4n) is 0.180. The minimum atomic E-state index is 0.315. The number of nitrogens with zero attached hydrogens (tertiary/aromatic N) is 1. The minimum absolute atomic E-state index is 0.315. The van der Waals surface area contributed by atoms with Gasteiger partial charge in [0, 0.05) is 0 Å². The van der Waals surface area contributed by atoms with E-state index in [1.54, 1.807) is 0 Å². The predicted octanol–water partition coefficient (Wildman–Crippen LogP) is 0.732. The van der Waals surface area contributed by atoms with E-state index < -0.39 is 0 Å². The smallest absolute Gasteiger partial charge is 0.284 e. The molecule has 0 fully saturated rings. The first kappa shape index (κ1) is 3.55. The molecule has 0 radical (unpaired) electrons. The molecule has 0 saturated heterocycles. The van der Waals surface area contributed by atoms with E-state index in [9.17, 15) is 0 Å². The van der Waals surface area contributed by atoms with Gasteiger partial charge in [0.15, 0.2) is 0 Å². The number of nitrogens with one attached hydrogen (secondary N) is 1. The Morgan fingerprint density at radius 1 is 2.00 bits per heavy atom. The summed E-state index contributed by atoms with van der Waals surface area (Å²) in [4.78, 5) is 0.315. The number of aromatic amines is 1. The van der Waals surface area contributed by atoms with Gasteiger partial charge in [-0.1, -0.05) is 0 Å². The number of rotatable bonds is 0. The first-order valence-corrected chi connectivity index (χ1v) is 1.78. The van der Waals surface area contributed by atoms with Crippen LogP contribution in [0.1, 0.15) is 0 Å². The lowest BCUT2D eigenvalue weighted by Crippen LogP contribution is -1.57. The Morgan fingerprint density at radius 2 is 2.83 bits per heavy atom. The Balaban J connectivity index is 3.41. The van der Waals surface area contributed by atoms with Crippen molar-refractivity contribution in [2.24, 2.45) is 0 Å². The van der Waals surface area contributed by atoms with Crippen LogP contribution in [-0.4, -0.2) is 10.2 Å². The Hall–Kier alpha value is -0.640. The monoisotopic (exact) mass is 102 g/mol. The van der Waals surface area contributed by atoms with Crippen LogP contribution in [0.4, 0.5) is 0 Å². The van der Waals surface area contributed by atoms with Crippen molar-refractivity contribution in [3.63, 3.8) is 0 Å². The molecule has 0 aromatic carbocycles. The van der Waals surface area contributed by atoms with Gasteiger partial charge in [0.1, 0.15) is 0 Å². The Labute approximate surface area is 39.0 Å². The van der Waals surface area contributed by atoms with E-state index in [2.05, 4.69) is 26.8 Å². The van der Waals surface area contributed by atoms with Gasteiger partial charge in [-0.05, 0) is 12.2 Å². The molecule has 0 spiro atoms. The van der Waals surface area contributed by atoms with Crippen molar-refractivity contribution in [1.82, 2.24) is 10.2 Å². The Bertz CT molecular complexity index is 149. The van der Waals surface area contributed by atoms with Crippen molar-refractivity contribution in [1.29, 1.82) is 0 Å². The van der Waals surface area contributed by atoms with E-state index in [1.165, 1.54) is 6.39 Å². The first-order valence-electron chi connectivity index (χ1n) is 1.38. The zero-order chi connectivity index (χ0) is 4.41.